The Bertz CT molecular complexity index is 1530. The van der Waals surface area contributed by atoms with Gasteiger partial charge in [0.2, 0.25) is 13.1 Å². The number of piperazine rings is 1. The van der Waals surface area contributed by atoms with Crippen LogP contribution in [0.5, 0.6) is 11.5 Å². The van der Waals surface area contributed by atoms with Gasteiger partial charge in [0.05, 0.1) is 26.4 Å². The number of carbonyl (C=O) groups excluding carboxylic acids is 1. The number of nitrogens with zero attached hydrogens (tertiary/aromatic N) is 2. The number of carbonyl (C=O) groups is 1. The van der Waals surface area contributed by atoms with Gasteiger partial charge in [-0.25, -0.2) is 0 Å². The SMILES string of the molecule is O=C(C1=C[C@@H](c2cccc3c2Cc2ccccc2-3)C[C@@H](OCCOCCO)O1)N1CCN(Cc2ccc3c(c2)OCO3)CC1. The second-order valence-corrected chi connectivity index (χ2v) is 11.6. The Morgan fingerprint density at radius 3 is 2.64 bits per heavy atom. The summed E-state index contributed by atoms with van der Waals surface area (Å²) < 4.78 is 28.6. The summed E-state index contributed by atoms with van der Waals surface area (Å²) in [4.78, 5) is 18.1. The second kappa shape index (κ2) is 13.0. The van der Waals surface area contributed by atoms with E-state index in [-0.39, 0.29) is 31.8 Å². The molecule has 2 atom stereocenters. The van der Waals surface area contributed by atoms with Gasteiger partial charge in [-0.3, -0.25) is 9.69 Å². The molecule has 3 aromatic rings. The molecule has 1 amide bonds. The number of hydrogen-bond donors (Lipinski definition) is 1. The zero-order chi connectivity index (χ0) is 29.9. The van der Waals surface area contributed by atoms with Gasteiger partial charge in [0.25, 0.3) is 5.91 Å². The number of benzene rings is 3. The predicted molar refractivity (Wildman–Crippen MR) is 163 cm³/mol. The maximum absolute atomic E-state index is 13.9. The molecule has 7 rings (SSSR count). The van der Waals surface area contributed by atoms with Crippen LogP contribution in [0.15, 0.2) is 72.5 Å². The first-order chi connectivity index (χ1) is 21.7. The molecule has 0 bridgehead atoms. The standard InChI is InChI=1S/C35H38N2O7/c38-14-15-40-16-17-41-34-21-26(28-6-3-7-29-27-5-2-1-4-25(27)19-30(28)29)20-33(44-34)35(39)37-12-10-36(11-13-37)22-24-8-9-31-32(18-24)43-23-42-31/h1-9,18,20,26,34,38H,10-17,19,21-23H2/t26-,34+/m1/s1. The van der Waals surface area contributed by atoms with Crippen molar-refractivity contribution in [2.24, 2.45) is 0 Å². The third-order valence-electron chi connectivity index (χ3n) is 8.82. The molecule has 1 aliphatic carbocycles. The third-order valence-corrected chi connectivity index (χ3v) is 8.82. The summed E-state index contributed by atoms with van der Waals surface area (Å²) >= 11 is 0. The Morgan fingerprint density at radius 1 is 0.909 bits per heavy atom. The lowest BCUT2D eigenvalue weighted by Gasteiger charge is -2.37. The molecule has 4 aliphatic rings. The molecular weight excluding hydrogens is 560 g/mol. The van der Waals surface area contributed by atoms with Crippen molar-refractivity contribution in [3.05, 3.63) is 94.8 Å². The van der Waals surface area contributed by atoms with Gasteiger partial charge in [-0.2, -0.15) is 0 Å². The van der Waals surface area contributed by atoms with E-state index in [2.05, 4.69) is 53.4 Å². The van der Waals surface area contributed by atoms with E-state index >= 15 is 0 Å². The minimum atomic E-state index is -0.575. The van der Waals surface area contributed by atoms with E-state index in [1.54, 1.807) is 0 Å². The quantitative estimate of drug-likeness (QED) is 0.274. The lowest BCUT2D eigenvalue weighted by molar-refractivity contribution is -0.157. The lowest BCUT2D eigenvalue weighted by Crippen LogP contribution is -2.49. The van der Waals surface area contributed by atoms with Crippen LogP contribution in [-0.4, -0.2) is 86.5 Å². The fourth-order valence-electron chi connectivity index (χ4n) is 6.62. The van der Waals surface area contributed by atoms with Crippen molar-refractivity contribution in [3.63, 3.8) is 0 Å². The first kappa shape index (κ1) is 28.9. The molecule has 9 heteroatoms. The molecular formula is C35H38N2O7. The van der Waals surface area contributed by atoms with Gasteiger partial charge in [0.1, 0.15) is 0 Å². The van der Waals surface area contributed by atoms with Gasteiger partial charge in [-0.05, 0) is 58.0 Å². The number of aliphatic hydroxyl groups is 1. The first-order valence-electron chi connectivity index (χ1n) is 15.4. The zero-order valence-corrected chi connectivity index (χ0v) is 24.8. The number of fused-ring (bicyclic) bond motifs is 4. The molecule has 1 fully saturated rings. The van der Waals surface area contributed by atoms with Gasteiger partial charge in [0.15, 0.2) is 17.3 Å². The van der Waals surface area contributed by atoms with E-state index in [9.17, 15) is 4.79 Å². The summed E-state index contributed by atoms with van der Waals surface area (Å²) in [7, 11) is 0. The van der Waals surface area contributed by atoms with E-state index in [4.69, 9.17) is 28.8 Å². The summed E-state index contributed by atoms with van der Waals surface area (Å²) in [5.74, 6) is 1.80. The van der Waals surface area contributed by atoms with E-state index in [1.807, 2.05) is 23.1 Å². The molecule has 0 radical (unpaired) electrons. The van der Waals surface area contributed by atoms with Crippen LogP contribution in [-0.2, 0) is 32.0 Å². The predicted octanol–water partition coefficient (Wildman–Crippen LogP) is 4.07. The van der Waals surface area contributed by atoms with Crippen LogP contribution in [0, 0.1) is 0 Å². The average molecular weight is 599 g/mol. The van der Waals surface area contributed by atoms with Gasteiger partial charge in [0, 0.05) is 45.1 Å². The zero-order valence-electron chi connectivity index (χ0n) is 24.8. The van der Waals surface area contributed by atoms with Gasteiger partial charge in [-0.1, -0.05) is 48.5 Å². The highest BCUT2D eigenvalue weighted by Crippen LogP contribution is 2.43. The number of amides is 1. The second-order valence-electron chi connectivity index (χ2n) is 11.6. The Balaban J connectivity index is 1.05. The maximum atomic E-state index is 13.9. The molecule has 1 saturated heterocycles. The highest BCUT2D eigenvalue weighted by molar-refractivity contribution is 5.92. The summed E-state index contributed by atoms with van der Waals surface area (Å²) in [5, 5.41) is 9.01. The normalized spacial score (nSPS) is 20.6. The fourth-order valence-corrected chi connectivity index (χ4v) is 6.62. The largest absolute Gasteiger partial charge is 0.459 e. The van der Waals surface area contributed by atoms with Crippen LogP contribution in [0.2, 0.25) is 0 Å². The molecule has 9 nitrogen and oxygen atoms in total. The molecule has 3 aliphatic heterocycles. The topological polar surface area (TPSA) is 89.9 Å². The molecule has 0 saturated carbocycles. The molecule has 3 aromatic carbocycles. The number of hydrogen-bond acceptors (Lipinski definition) is 8. The summed E-state index contributed by atoms with van der Waals surface area (Å²) in [6.07, 6.45) is 2.91. The smallest absolute Gasteiger partial charge is 0.288 e. The highest BCUT2D eigenvalue weighted by Gasteiger charge is 2.34. The van der Waals surface area contributed by atoms with Crippen molar-refractivity contribution in [1.82, 2.24) is 9.80 Å². The van der Waals surface area contributed by atoms with E-state index in [1.165, 1.54) is 27.8 Å². The number of rotatable bonds is 10. The molecule has 0 unspecified atom stereocenters. The van der Waals surface area contributed by atoms with Gasteiger partial charge >= 0.3 is 0 Å². The summed E-state index contributed by atoms with van der Waals surface area (Å²) in [6, 6.07) is 21.1. The van der Waals surface area contributed by atoms with Gasteiger partial charge < -0.3 is 33.7 Å². The van der Waals surface area contributed by atoms with Crippen LogP contribution in [0.3, 0.4) is 0 Å². The molecule has 230 valence electrons. The fraction of sp³-hybridized carbons (Fsp3) is 0.400. The average Bonchev–Trinajstić information content (AvgIpc) is 3.69. The Kier molecular flexibility index (Phi) is 8.52. The first-order valence-corrected chi connectivity index (χ1v) is 15.4. The highest BCUT2D eigenvalue weighted by atomic mass is 16.7. The third kappa shape index (κ3) is 6.05. The van der Waals surface area contributed by atoms with E-state index < -0.39 is 6.29 Å². The van der Waals surface area contributed by atoms with Gasteiger partial charge in [-0.15, -0.1) is 0 Å². The number of ether oxygens (including phenoxy) is 5. The van der Waals surface area contributed by atoms with E-state index in [0.717, 1.165) is 43.1 Å². The van der Waals surface area contributed by atoms with Crippen molar-refractivity contribution >= 4 is 5.91 Å². The van der Waals surface area contributed by atoms with Crippen LogP contribution >= 0.6 is 0 Å². The Labute approximate surface area is 257 Å². The number of aliphatic hydroxyl groups excluding tert-OH is 1. The van der Waals surface area contributed by atoms with Crippen molar-refractivity contribution in [3.8, 4) is 22.6 Å². The molecule has 0 aromatic heterocycles. The maximum Gasteiger partial charge on any atom is 0.288 e. The van der Waals surface area contributed by atoms with Crippen LogP contribution in [0.4, 0.5) is 0 Å². The van der Waals surface area contributed by atoms with Crippen molar-refractivity contribution in [2.45, 2.75) is 31.6 Å². The molecule has 0 spiro atoms. The Hall–Kier alpha value is -3.89. The minimum Gasteiger partial charge on any atom is -0.459 e. The van der Waals surface area contributed by atoms with Crippen molar-refractivity contribution < 1.29 is 33.6 Å². The minimum absolute atomic E-state index is 0.0254. The van der Waals surface area contributed by atoms with Crippen molar-refractivity contribution in [2.75, 3.05) is 59.4 Å². The van der Waals surface area contributed by atoms with E-state index in [0.29, 0.717) is 38.5 Å². The van der Waals surface area contributed by atoms with Crippen LogP contribution in [0.1, 0.15) is 34.6 Å². The van der Waals surface area contributed by atoms with Crippen LogP contribution < -0.4 is 9.47 Å². The molecule has 3 heterocycles. The monoisotopic (exact) mass is 598 g/mol. The Morgan fingerprint density at radius 2 is 1.75 bits per heavy atom. The van der Waals surface area contributed by atoms with Crippen molar-refractivity contribution in [1.29, 1.82) is 0 Å². The molecule has 1 N–H and O–H groups in total. The summed E-state index contributed by atoms with van der Waals surface area (Å²) in [5.41, 5.74) is 7.56. The summed E-state index contributed by atoms with van der Waals surface area (Å²) in [6.45, 7) is 4.71. The molecule has 44 heavy (non-hydrogen) atoms. The van der Waals surface area contributed by atoms with Crippen LogP contribution in [0.25, 0.3) is 11.1 Å². The lowest BCUT2D eigenvalue weighted by atomic mass is 9.87. The number of allylic oxidation sites excluding steroid dienone is 1.